The smallest absolute Gasteiger partial charge is 0.331 e. The van der Waals surface area contributed by atoms with Crippen molar-refractivity contribution < 1.29 is 34.4 Å². The summed E-state index contributed by atoms with van der Waals surface area (Å²) in [4.78, 5) is 29.0. The van der Waals surface area contributed by atoms with Crippen LogP contribution in [-0.4, -0.2) is 69.3 Å². The van der Waals surface area contributed by atoms with Crippen molar-refractivity contribution in [3.8, 4) is 11.8 Å². The van der Waals surface area contributed by atoms with E-state index >= 15 is 4.79 Å². The van der Waals surface area contributed by atoms with Gasteiger partial charge in [0, 0.05) is 36.3 Å². The van der Waals surface area contributed by atoms with Crippen LogP contribution >= 0.6 is 21.6 Å². The van der Waals surface area contributed by atoms with E-state index in [0.29, 0.717) is 38.0 Å². The third-order valence-electron chi connectivity index (χ3n) is 21.2. The van der Waals surface area contributed by atoms with E-state index in [2.05, 4.69) is 93.3 Å². The first-order chi connectivity index (χ1) is 34.3. The molecule has 0 amide bonds. The Hall–Kier alpha value is -2.74. The zero-order chi connectivity index (χ0) is 49.5. The molecule has 5 saturated carbocycles. The maximum atomic E-state index is 16.5. The van der Waals surface area contributed by atoms with Crippen LogP contribution in [0.4, 0.5) is 0 Å². The lowest BCUT2D eigenvalue weighted by molar-refractivity contribution is -0.339. The number of benzene rings is 2. The van der Waals surface area contributed by atoms with E-state index < -0.39 is 51.5 Å². The molecule has 1 spiro atoms. The monoisotopic (exact) mass is 1000 g/mol. The van der Waals surface area contributed by atoms with Crippen molar-refractivity contribution in [1.82, 2.24) is 0 Å². The van der Waals surface area contributed by atoms with Gasteiger partial charge in [0.25, 0.3) is 0 Å². The van der Waals surface area contributed by atoms with Crippen LogP contribution in [0.25, 0.3) is 0 Å². The second-order valence-corrected chi connectivity index (χ2v) is 27.6. The maximum absolute atomic E-state index is 16.5. The van der Waals surface area contributed by atoms with Crippen molar-refractivity contribution in [2.45, 2.75) is 198 Å². The number of cyclic esters (lactones) is 1. The van der Waals surface area contributed by atoms with Gasteiger partial charge in [0.2, 0.25) is 0 Å². The van der Waals surface area contributed by atoms with E-state index in [9.17, 15) is 20.1 Å². The first kappa shape index (κ1) is 51.7. The quantitative estimate of drug-likeness (QED) is 0.135. The van der Waals surface area contributed by atoms with Gasteiger partial charge in [0.15, 0.2) is 0 Å². The molecule has 1 saturated heterocycles. The number of aliphatic hydroxyl groups excluding tert-OH is 2. The first-order valence-corrected chi connectivity index (χ1v) is 30.7. The summed E-state index contributed by atoms with van der Waals surface area (Å²) in [7, 11) is 3.92. The van der Waals surface area contributed by atoms with Crippen molar-refractivity contribution in [3.63, 3.8) is 0 Å². The van der Waals surface area contributed by atoms with Crippen molar-refractivity contribution in [3.05, 3.63) is 83.4 Å². The fourth-order valence-corrected chi connectivity index (χ4v) is 20.5. The van der Waals surface area contributed by atoms with Crippen LogP contribution in [0.5, 0.6) is 0 Å². The van der Waals surface area contributed by atoms with Gasteiger partial charge in [-0.2, -0.15) is 0 Å². The average molecular weight is 1010 g/mol. The van der Waals surface area contributed by atoms with Crippen LogP contribution in [0.1, 0.15) is 173 Å². The van der Waals surface area contributed by atoms with Gasteiger partial charge in [-0.25, -0.2) is 4.79 Å². The van der Waals surface area contributed by atoms with E-state index in [0.717, 1.165) is 101 Å². The van der Waals surface area contributed by atoms with Gasteiger partial charge in [0.05, 0.1) is 34.1 Å². The summed E-state index contributed by atoms with van der Waals surface area (Å²) in [5.74, 6) is 9.68. The number of carbonyl (C=O) groups is 2. The summed E-state index contributed by atoms with van der Waals surface area (Å²) in [6.45, 7) is 6.94. The van der Waals surface area contributed by atoms with Crippen LogP contribution in [0.3, 0.4) is 0 Å². The van der Waals surface area contributed by atoms with Crippen LogP contribution in [0.15, 0.2) is 72.3 Å². The normalized spacial score (nSPS) is 41.1. The lowest BCUT2D eigenvalue weighted by Crippen LogP contribution is -2.79. The number of rotatable bonds is 8. The van der Waals surface area contributed by atoms with Gasteiger partial charge in [0.1, 0.15) is 12.7 Å². The summed E-state index contributed by atoms with van der Waals surface area (Å²) >= 11 is 0. The molecule has 3 aliphatic heterocycles. The minimum atomic E-state index is -1.72. The Labute approximate surface area is 434 Å². The van der Waals surface area contributed by atoms with Crippen molar-refractivity contribution in [1.29, 1.82) is 0 Å². The van der Waals surface area contributed by atoms with Crippen LogP contribution in [0.2, 0.25) is 0 Å². The SMILES string of the molecule is C[C@@H]1CC[C@H](O)[C@]23[C@@H]([C@H]4C[C@](C)(C#CC[C@]5(C[C@@H](C6(c7ccccc7)CCCCC6)CC[C@@H]5CSSC[C@@H](Cc5ccccc5)C1)C(=O)O4)[C@]2(O)CCC1=CC(=O)OC1)[C@](C)(C1CCCCC1)CC[C@@H]3O. The largest absolute Gasteiger partial charge is 0.462 e. The van der Waals surface area contributed by atoms with Crippen molar-refractivity contribution in [2.75, 3.05) is 18.1 Å². The highest BCUT2D eigenvalue weighted by Gasteiger charge is 2.78. The molecular formula is C62H84O7S2. The number of fused-ring (bicyclic) bond motifs is 2. The maximum Gasteiger partial charge on any atom is 0.331 e. The Morgan fingerprint density at radius 1 is 0.732 bits per heavy atom. The minimum absolute atomic E-state index is 0.0312. The molecule has 71 heavy (non-hydrogen) atoms. The molecule has 0 unspecified atom stereocenters. The number of hydrogen-bond donors (Lipinski definition) is 3. The second kappa shape index (κ2) is 21.1. The molecule has 8 aliphatic rings. The second-order valence-electron chi connectivity index (χ2n) is 25.0. The summed E-state index contributed by atoms with van der Waals surface area (Å²) < 4.78 is 13.0. The number of ether oxygens (including phenoxy) is 2. The van der Waals surface area contributed by atoms with Gasteiger partial charge in [-0.15, -0.1) is 5.92 Å². The molecule has 9 heteroatoms. The number of hydrogen-bond acceptors (Lipinski definition) is 9. The van der Waals surface area contributed by atoms with Gasteiger partial charge < -0.3 is 24.8 Å². The average Bonchev–Trinajstić information content (AvgIpc) is 3.82. The Morgan fingerprint density at radius 3 is 2.15 bits per heavy atom. The molecule has 3 heterocycles. The predicted octanol–water partition coefficient (Wildman–Crippen LogP) is 12.8. The van der Waals surface area contributed by atoms with E-state index in [1.807, 2.05) is 21.6 Å². The van der Waals surface area contributed by atoms with Crippen LogP contribution in [-0.2, 0) is 30.9 Å². The van der Waals surface area contributed by atoms with E-state index in [1.165, 1.54) is 36.8 Å². The number of carbonyl (C=O) groups excluding carboxylic acids is 2. The molecule has 0 radical (unpaired) electrons. The van der Waals surface area contributed by atoms with Gasteiger partial charge in [-0.1, -0.05) is 141 Å². The molecular weight excluding hydrogens is 921 g/mol. The molecule has 5 aliphatic carbocycles. The van der Waals surface area contributed by atoms with Crippen molar-refractivity contribution >= 4 is 33.5 Å². The lowest BCUT2D eigenvalue weighted by Gasteiger charge is -2.72. The van der Waals surface area contributed by atoms with Crippen molar-refractivity contribution in [2.24, 2.45) is 57.2 Å². The Bertz CT molecular complexity index is 2280. The zero-order valence-corrected chi connectivity index (χ0v) is 44.9. The highest BCUT2D eigenvalue weighted by molar-refractivity contribution is 8.76. The Morgan fingerprint density at radius 2 is 1.42 bits per heavy atom. The van der Waals surface area contributed by atoms with E-state index in [4.69, 9.17) is 9.47 Å². The molecule has 2 aromatic rings. The third-order valence-corrected chi connectivity index (χ3v) is 23.8. The molecule has 7 nitrogen and oxygen atoms in total. The molecule has 10 rings (SSSR count). The molecule has 0 aromatic heterocycles. The molecule has 6 fully saturated rings. The van der Waals surface area contributed by atoms with Crippen LogP contribution < -0.4 is 0 Å². The Kier molecular flexibility index (Phi) is 15.4. The summed E-state index contributed by atoms with van der Waals surface area (Å²) in [6.07, 6.45) is 18.3. The third kappa shape index (κ3) is 9.33. The first-order valence-electron chi connectivity index (χ1n) is 28.3. The fraction of sp³-hybridized carbons (Fsp3) is 0.710. The summed E-state index contributed by atoms with van der Waals surface area (Å²) in [5.41, 5.74) is -2.16. The topological polar surface area (TPSA) is 113 Å². The van der Waals surface area contributed by atoms with E-state index in [-0.39, 0.29) is 54.1 Å². The van der Waals surface area contributed by atoms with Gasteiger partial charge in [-0.3, -0.25) is 4.79 Å². The fourth-order valence-electron chi connectivity index (χ4n) is 17.6. The van der Waals surface area contributed by atoms with E-state index in [1.54, 1.807) is 6.08 Å². The standard InChI is InChI=1S/C62H84O7S2/c1-43-23-26-52(63)62-53(64)28-33-58(3,47-19-10-5-11-20-47)55(62)51-39-57(2,61(62,67)34-27-45-37-54(65)68-40-45)29-16-32-60(56(66)69-51)38-49(59(30-14-7-15-31-59)48-21-12-6-13-22-48)24-25-50(60)42-71-70-41-46(35-43)36-44-17-8-4-9-18-44/h4,6,8-9,12-13,17-18,21-22,37,43,46-47,49-53,55,63-64,67H,5,7,10-11,14-15,19-20,23-28,30-36,38-42H2,1-3H3/t43-,46-,49+,50-,51-,52+,53+,55+,57+,58+,60-,61-,62+/m1/s1. The molecule has 3 N–H and O–H groups in total. The zero-order valence-electron chi connectivity index (χ0n) is 43.2. The van der Waals surface area contributed by atoms with Gasteiger partial charge >= 0.3 is 11.9 Å². The van der Waals surface area contributed by atoms with Crippen LogP contribution in [0, 0.1) is 69.0 Å². The minimum Gasteiger partial charge on any atom is -0.462 e. The van der Waals surface area contributed by atoms with Gasteiger partial charge in [-0.05, 0) is 160 Å². The summed E-state index contributed by atoms with van der Waals surface area (Å²) in [5, 5.41) is 41.7. The molecule has 2 aromatic carbocycles. The molecule has 13 atom stereocenters. The highest BCUT2D eigenvalue weighted by Crippen LogP contribution is 2.72. The predicted molar refractivity (Wildman–Crippen MR) is 286 cm³/mol. The lowest BCUT2D eigenvalue weighted by atomic mass is 9.35. The highest BCUT2D eigenvalue weighted by atomic mass is 33.1. The Balaban J connectivity index is 1.15. The summed E-state index contributed by atoms with van der Waals surface area (Å²) in [6, 6.07) is 22.1. The molecule has 386 valence electrons. The number of aliphatic hydroxyl groups is 3. The number of esters is 2. The molecule has 4 bridgehead atoms.